The van der Waals surface area contributed by atoms with Gasteiger partial charge in [0.15, 0.2) is 17.4 Å². The molecule has 0 radical (unpaired) electrons. The first-order valence-corrected chi connectivity index (χ1v) is 8.96. The fourth-order valence-electron chi connectivity index (χ4n) is 3.17. The lowest BCUT2D eigenvalue weighted by Gasteiger charge is -2.25. The molecule has 0 spiro atoms. The van der Waals surface area contributed by atoms with Crippen molar-refractivity contribution in [3.8, 4) is 16.9 Å². The number of carboxylic acids is 1. The Labute approximate surface area is 151 Å². The fourth-order valence-corrected chi connectivity index (χ4v) is 3.17. The summed E-state index contributed by atoms with van der Waals surface area (Å²) in [5.74, 6) is -2.25. The number of rotatable bonds is 8. The van der Waals surface area contributed by atoms with Crippen LogP contribution in [0, 0.1) is 17.6 Å². The summed E-state index contributed by atoms with van der Waals surface area (Å²) in [6, 6.07) is 10.3. The Kier molecular flexibility index (Phi) is 5.86. The van der Waals surface area contributed by atoms with Crippen LogP contribution >= 0.6 is 0 Å². The summed E-state index contributed by atoms with van der Waals surface area (Å²) in [6.07, 6.45) is 4.88. The Morgan fingerprint density at radius 2 is 1.85 bits per heavy atom. The maximum Gasteiger partial charge on any atom is 0.303 e. The van der Waals surface area contributed by atoms with Crippen LogP contribution in [0.2, 0.25) is 0 Å². The van der Waals surface area contributed by atoms with Crippen molar-refractivity contribution in [3.63, 3.8) is 0 Å². The second-order valence-electron chi connectivity index (χ2n) is 6.82. The summed E-state index contributed by atoms with van der Waals surface area (Å²) in [6.45, 7) is -0.0453. The fraction of sp³-hybridized carbons (Fsp3) is 0.381. The van der Waals surface area contributed by atoms with Gasteiger partial charge in [-0.25, -0.2) is 8.78 Å². The second kappa shape index (κ2) is 8.30. The first-order chi connectivity index (χ1) is 12.5. The number of ether oxygens (including phenoxy) is 1. The van der Waals surface area contributed by atoms with E-state index in [1.807, 2.05) is 18.2 Å². The molecule has 1 aliphatic carbocycles. The van der Waals surface area contributed by atoms with Crippen molar-refractivity contribution in [2.24, 2.45) is 5.92 Å². The minimum Gasteiger partial charge on any atom is -0.488 e. The summed E-state index contributed by atoms with van der Waals surface area (Å²) in [5.41, 5.74) is 2.42. The van der Waals surface area contributed by atoms with Crippen molar-refractivity contribution in [2.45, 2.75) is 38.5 Å². The lowest BCUT2D eigenvalue weighted by atomic mass is 9.80. The molecule has 0 amide bonds. The Morgan fingerprint density at radius 3 is 2.46 bits per heavy atom. The SMILES string of the molecule is O=C(O)CCCOc1c(F)cc(-c2cccc(CC3CCC3)c2)cc1F. The van der Waals surface area contributed by atoms with Gasteiger partial charge >= 0.3 is 5.97 Å². The molecule has 0 heterocycles. The van der Waals surface area contributed by atoms with Crippen LogP contribution in [0.1, 0.15) is 37.7 Å². The van der Waals surface area contributed by atoms with Crippen LogP contribution in [0.3, 0.4) is 0 Å². The lowest BCUT2D eigenvalue weighted by Crippen LogP contribution is -2.13. The summed E-state index contributed by atoms with van der Waals surface area (Å²) < 4.78 is 33.6. The molecule has 5 heteroatoms. The topological polar surface area (TPSA) is 46.5 Å². The van der Waals surface area contributed by atoms with Crippen LogP contribution in [-0.2, 0) is 11.2 Å². The average Bonchev–Trinajstić information content (AvgIpc) is 2.56. The average molecular weight is 360 g/mol. The highest BCUT2D eigenvalue weighted by molar-refractivity contribution is 5.66. The molecule has 0 unspecified atom stereocenters. The number of carboxylic acid groups (broad SMARTS) is 1. The second-order valence-corrected chi connectivity index (χ2v) is 6.82. The molecule has 1 saturated carbocycles. The van der Waals surface area contributed by atoms with Crippen LogP contribution in [-0.4, -0.2) is 17.7 Å². The maximum absolute atomic E-state index is 14.3. The third kappa shape index (κ3) is 4.59. The van der Waals surface area contributed by atoms with Crippen LogP contribution in [0.25, 0.3) is 11.1 Å². The van der Waals surface area contributed by atoms with Gasteiger partial charge in [-0.15, -0.1) is 0 Å². The molecule has 0 aliphatic heterocycles. The predicted molar refractivity (Wildman–Crippen MR) is 95.2 cm³/mol. The van der Waals surface area contributed by atoms with E-state index in [1.54, 1.807) is 0 Å². The molecule has 0 aromatic heterocycles. The van der Waals surface area contributed by atoms with Crippen LogP contribution in [0.5, 0.6) is 5.75 Å². The van der Waals surface area contributed by atoms with Gasteiger partial charge in [-0.2, -0.15) is 0 Å². The van der Waals surface area contributed by atoms with Gasteiger partial charge in [0, 0.05) is 6.42 Å². The number of carbonyl (C=O) groups is 1. The number of halogens is 2. The van der Waals surface area contributed by atoms with E-state index in [0.717, 1.165) is 17.9 Å². The van der Waals surface area contributed by atoms with Crippen molar-refractivity contribution < 1.29 is 23.4 Å². The summed E-state index contributed by atoms with van der Waals surface area (Å²) in [7, 11) is 0. The quantitative estimate of drug-likeness (QED) is 0.657. The smallest absolute Gasteiger partial charge is 0.303 e. The Hall–Kier alpha value is -2.43. The highest BCUT2D eigenvalue weighted by atomic mass is 19.1. The molecule has 3 rings (SSSR count). The van der Waals surface area contributed by atoms with Crippen molar-refractivity contribution in [2.75, 3.05) is 6.61 Å². The first kappa shape index (κ1) is 18.4. The molecule has 26 heavy (non-hydrogen) atoms. The van der Waals surface area contributed by atoms with E-state index >= 15 is 0 Å². The Balaban J connectivity index is 1.72. The molecule has 0 bridgehead atoms. The number of aliphatic carboxylic acids is 1. The molecule has 2 aromatic carbocycles. The highest BCUT2D eigenvalue weighted by Gasteiger charge is 2.18. The third-order valence-electron chi connectivity index (χ3n) is 4.79. The van der Waals surface area contributed by atoms with Gasteiger partial charge in [0.25, 0.3) is 0 Å². The minimum atomic E-state index is -0.966. The standard InChI is InChI=1S/C21H22F2O3/c22-18-12-17(13-19(23)21(18)26-9-3-8-20(24)25)16-7-2-6-15(11-16)10-14-4-1-5-14/h2,6-7,11-14H,1,3-5,8-10H2,(H,24,25). The number of hydrogen-bond donors (Lipinski definition) is 1. The van der Waals surface area contributed by atoms with Gasteiger partial charge in [-0.3, -0.25) is 4.79 Å². The minimum absolute atomic E-state index is 0.0453. The molecule has 0 atom stereocenters. The Bertz CT molecular complexity index is 762. The monoisotopic (exact) mass is 360 g/mol. The first-order valence-electron chi connectivity index (χ1n) is 8.96. The third-order valence-corrected chi connectivity index (χ3v) is 4.79. The van der Waals surface area contributed by atoms with E-state index in [0.29, 0.717) is 5.56 Å². The summed E-state index contributed by atoms with van der Waals surface area (Å²) >= 11 is 0. The van der Waals surface area contributed by atoms with Crippen molar-refractivity contribution >= 4 is 5.97 Å². The zero-order valence-electron chi connectivity index (χ0n) is 14.5. The Morgan fingerprint density at radius 1 is 1.12 bits per heavy atom. The molecule has 0 saturated heterocycles. The van der Waals surface area contributed by atoms with Gasteiger partial charge in [-0.1, -0.05) is 43.5 Å². The van der Waals surface area contributed by atoms with Crippen molar-refractivity contribution in [3.05, 3.63) is 53.6 Å². The van der Waals surface area contributed by atoms with Gasteiger partial charge < -0.3 is 9.84 Å². The molecular formula is C21H22F2O3. The van der Waals surface area contributed by atoms with Crippen molar-refractivity contribution in [1.82, 2.24) is 0 Å². The summed E-state index contributed by atoms with van der Waals surface area (Å²) in [4.78, 5) is 10.5. The van der Waals surface area contributed by atoms with E-state index in [9.17, 15) is 13.6 Å². The van der Waals surface area contributed by atoms with E-state index in [4.69, 9.17) is 9.84 Å². The largest absolute Gasteiger partial charge is 0.488 e. The van der Waals surface area contributed by atoms with Gasteiger partial charge in [0.1, 0.15) is 0 Å². The van der Waals surface area contributed by atoms with Gasteiger partial charge in [0.2, 0.25) is 0 Å². The number of hydrogen-bond acceptors (Lipinski definition) is 2. The zero-order valence-corrected chi connectivity index (χ0v) is 14.5. The van der Waals surface area contributed by atoms with E-state index < -0.39 is 23.4 Å². The van der Waals surface area contributed by atoms with Gasteiger partial charge in [0.05, 0.1) is 6.61 Å². The molecule has 1 fully saturated rings. The molecule has 2 aromatic rings. The zero-order chi connectivity index (χ0) is 18.5. The molecule has 1 N–H and O–H groups in total. The van der Waals surface area contributed by atoms with Crippen molar-refractivity contribution in [1.29, 1.82) is 0 Å². The van der Waals surface area contributed by atoms with E-state index in [-0.39, 0.29) is 19.4 Å². The van der Waals surface area contributed by atoms with Crippen LogP contribution in [0.4, 0.5) is 8.78 Å². The molecular weight excluding hydrogens is 338 g/mol. The predicted octanol–water partition coefficient (Wildman–Crippen LogP) is 5.22. The van der Waals surface area contributed by atoms with E-state index in [1.165, 1.54) is 37.0 Å². The van der Waals surface area contributed by atoms with Gasteiger partial charge in [-0.05, 0) is 47.6 Å². The van der Waals surface area contributed by atoms with Crippen LogP contribution < -0.4 is 4.74 Å². The number of benzene rings is 2. The highest BCUT2D eigenvalue weighted by Crippen LogP contribution is 2.32. The molecule has 138 valence electrons. The molecule has 3 nitrogen and oxygen atoms in total. The normalized spacial score (nSPS) is 14.1. The molecule has 1 aliphatic rings. The lowest BCUT2D eigenvalue weighted by molar-refractivity contribution is -0.137. The maximum atomic E-state index is 14.3. The van der Waals surface area contributed by atoms with E-state index in [2.05, 4.69) is 6.07 Å². The summed E-state index contributed by atoms with van der Waals surface area (Å²) in [5, 5.41) is 8.57. The van der Waals surface area contributed by atoms with Crippen LogP contribution in [0.15, 0.2) is 36.4 Å².